The summed E-state index contributed by atoms with van der Waals surface area (Å²) in [6, 6.07) is 15.1. The Bertz CT molecular complexity index is 833. The lowest BCUT2D eigenvalue weighted by Gasteiger charge is -2.15. The number of carbonyl (C=O) groups is 1. The summed E-state index contributed by atoms with van der Waals surface area (Å²) in [6.45, 7) is 15.3. The van der Waals surface area contributed by atoms with Crippen LogP contribution in [0.4, 0.5) is 0 Å². The van der Waals surface area contributed by atoms with E-state index >= 15 is 0 Å². The molecule has 1 nitrogen and oxygen atoms in total. The van der Waals surface area contributed by atoms with Gasteiger partial charge in [0.25, 0.3) is 0 Å². The molecule has 35 heavy (non-hydrogen) atoms. The Kier molecular flexibility index (Phi) is 17.9. The predicted molar refractivity (Wildman–Crippen MR) is 158 cm³/mol. The Morgan fingerprint density at radius 3 is 1.86 bits per heavy atom. The van der Waals surface area contributed by atoms with Gasteiger partial charge in [-0.2, -0.15) is 0 Å². The average Bonchev–Trinajstić information content (AvgIpc) is 3.38. The van der Waals surface area contributed by atoms with E-state index in [1.165, 1.54) is 87.3 Å². The van der Waals surface area contributed by atoms with E-state index in [0.717, 1.165) is 11.5 Å². The third kappa shape index (κ3) is 13.5. The second-order valence-electron chi connectivity index (χ2n) is 9.81. The number of aryl methyl sites for hydroxylation is 4. The molecule has 2 aliphatic rings. The van der Waals surface area contributed by atoms with Gasteiger partial charge in [-0.05, 0) is 93.9 Å². The highest BCUT2D eigenvalue weighted by atomic mass is 16.1. The minimum atomic E-state index is 0. The molecule has 0 aliphatic heterocycles. The van der Waals surface area contributed by atoms with Crippen molar-refractivity contribution in [3.05, 3.63) is 82.4 Å². The summed E-state index contributed by atoms with van der Waals surface area (Å²) < 4.78 is 0. The molecule has 4 rings (SSSR count). The largest absolute Gasteiger partial charge is 0.295 e. The number of allylic oxidation sites excluding steroid dienone is 1. The van der Waals surface area contributed by atoms with E-state index in [4.69, 9.17) is 0 Å². The summed E-state index contributed by atoms with van der Waals surface area (Å²) in [5, 5.41) is 0. The number of fused-ring (bicyclic) bond motifs is 1. The van der Waals surface area contributed by atoms with Crippen molar-refractivity contribution in [1.82, 2.24) is 0 Å². The average molecular weight is 479 g/mol. The maximum Gasteiger partial charge on any atom is 0.159 e. The van der Waals surface area contributed by atoms with Crippen molar-refractivity contribution in [1.29, 1.82) is 0 Å². The SMILES string of the molecule is C.C=C(C)C.CC.CC(=O)c1ccc(CCC2CCCC2)cc1.CCc1ccc2c(c1)CCCC2. The molecular weight excluding hydrogens is 424 g/mol. The van der Waals surface area contributed by atoms with Crippen molar-refractivity contribution in [3.8, 4) is 0 Å². The second kappa shape index (κ2) is 19.1. The van der Waals surface area contributed by atoms with E-state index in [1.807, 2.05) is 39.8 Å². The fourth-order valence-electron chi connectivity index (χ4n) is 4.58. The van der Waals surface area contributed by atoms with Crippen LogP contribution in [0, 0.1) is 5.92 Å². The number of Topliss-reactive ketones (excluding diaryl/α,β-unsaturated/α-hetero) is 1. The first-order chi connectivity index (χ1) is 16.4. The lowest BCUT2D eigenvalue weighted by molar-refractivity contribution is 0.101. The van der Waals surface area contributed by atoms with Gasteiger partial charge in [0, 0.05) is 5.56 Å². The maximum atomic E-state index is 11.1. The molecule has 0 amide bonds. The quantitative estimate of drug-likeness (QED) is 0.308. The minimum Gasteiger partial charge on any atom is -0.295 e. The summed E-state index contributed by atoms with van der Waals surface area (Å²) in [5.74, 6) is 1.11. The molecule has 1 fully saturated rings. The fourth-order valence-corrected chi connectivity index (χ4v) is 4.58. The van der Waals surface area contributed by atoms with E-state index in [2.05, 4.69) is 43.8 Å². The van der Waals surface area contributed by atoms with Crippen LogP contribution in [-0.4, -0.2) is 5.78 Å². The van der Waals surface area contributed by atoms with Crippen molar-refractivity contribution >= 4 is 5.78 Å². The number of ketones is 1. The molecule has 196 valence electrons. The Morgan fingerprint density at radius 1 is 0.829 bits per heavy atom. The molecule has 0 aromatic heterocycles. The van der Waals surface area contributed by atoms with Gasteiger partial charge in [0.15, 0.2) is 5.78 Å². The van der Waals surface area contributed by atoms with Gasteiger partial charge in [-0.3, -0.25) is 4.79 Å². The highest BCUT2D eigenvalue weighted by molar-refractivity contribution is 5.93. The third-order valence-corrected chi connectivity index (χ3v) is 6.50. The van der Waals surface area contributed by atoms with E-state index < -0.39 is 0 Å². The summed E-state index contributed by atoms with van der Waals surface area (Å²) >= 11 is 0. The van der Waals surface area contributed by atoms with Crippen LogP contribution in [0.1, 0.15) is 127 Å². The molecular formula is C34H54O. The molecule has 0 heterocycles. The number of hydrogen-bond donors (Lipinski definition) is 0. The zero-order valence-electron chi connectivity index (χ0n) is 23.0. The van der Waals surface area contributed by atoms with E-state index in [9.17, 15) is 4.79 Å². The van der Waals surface area contributed by atoms with Crippen LogP contribution >= 0.6 is 0 Å². The van der Waals surface area contributed by atoms with Crippen LogP contribution < -0.4 is 0 Å². The lowest BCUT2D eigenvalue weighted by atomic mass is 9.90. The fraction of sp³-hybridized carbons (Fsp3) is 0.559. The van der Waals surface area contributed by atoms with Gasteiger partial charge in [0.2, 0.25) is 0 Å². The topological polar surface area (TPSA) is 17.1 Å². The van der Waals surface area contributed by atoms with Crippen LogP contribution in [0.25, 0.3) is 0 Å². The molecule has 0 N–H and O–H groups in total. The van der Waals surface area contributed by atoms with Gasteiger partial charge < -0.3 is 0 Å². The number of rotatable bonds is 5. The minimum absolute atomic E-state index is 0. The predicted octanol–water partition coefficient (Wildman–Crippen LogP) is 10.4. The highest BCUT2D eigenvalue weighted by Gasteiger charge is 2.14. The first-order valence-electron chi connectivity index (χ1n) is 13.7. The molecule has 2 aromatic rings. The Morgan fingerprint density at radius 2 is 1.34 bits per heavy atom. The van der Waals surface area contributed by atoms with Crippen molar-refractivity contribution in [2.24, 2.45) is 5.92 Å². The van der Waals surface area contributed by atoms with Crippen molar-refractivity contribution in [3.63, 3.8) is 0 Å². The molecule has 2 aliphatic carbocycles. The first kappa shape index (κ1) is 32.8. The first-order valence-corrected chi connectivity index (χ1v) is 13.7. The monoisotopic (exact) mass is 478 g/mol. The maximum absolute atomic E-state index is 11.1. The van der Waals surface area contributed by atoms with Crippen LogP contribution in [0.2, 0.25) is 0 Å². The van der Waals surface area contributed by atoms with E-state index in [-0.39, 0.29) is 13.2 Å². The zero-order chi connectivity index (χ0) is 25.3. The Hall–Kier alpha value is -2.15. The van der Waals surface area contributed by atoms with Gasteiger partial charge in [-0.15, -0.1) is 6.58 Å². The molecule has 2 aromatic carbocycles. The molecule has 1 saturated carbocycles. The van der Waals surface area contributed by atoms with Gasteiger partial charge in [0.1, 0.15) is 0 Å². The van der Waals surface area contributed by atoms with Crippen LogP contribution in [-0.2, 0) is 25.7 Å². The normalized spacial score (nSPS) is 13.9. The summed E-state index contributed by atoms with van der Waals surface area (Å²) in [7, 11) is 0. The third-order valence-electron chi connectivity index (χ3n) is 6.50. The molecule has 0 unspecified atom stereocenters. The van der Waals surface area contributed by atoms with Crippen LogP contribution in [0.5, 0.6) is 0 Å². The Balaban J connectivity index is 0.000000540. The lowest BCUT2D eigenvalue weighted by Crippen LogP contribution is -2.02. The number of hydrogen-bond acceptors (Lipinski definition) is 1. The van der Waals surface area contributed by atoms with Gasteiger partial charge in [-0.25, -0.2) is 0 Å². The van der Waals surface area contributed by atoms with Gasteiger partial charge >= 0.3 is 0 Å². The smallest absolute Gasteiger partial charge is 0.159 e. The van der Waals surface area contributed by atoms with Crippen molar-refractivity contribution in [2.75, 3.05) is 0 Å². The standard InChI is InChI=1S/C15H20O.C12H16.C4H8.C2H6.CH4/c1-12(16)15-10-8-14(9-11-15)7-6-13-4-2-3-5-13;1-2-10-7-8-11-5-3-4-6-12(11)9-10;1-4(2)3;1-2;/h8-11,13H,2-7H2,1H3;7-9H,2-6H2,1H3;1H2,2-3H3;1-2H3;1H4. The van der Waals surface area contributed by atoms with Crippen molar-refractivity contribution in [2.45, 2.75) is 120 Å². The summed E-state index contributed by atoms with van der Waals surface area (Å²) in [5.41, 5.74) is 8.07. The van der Waals surface area contributed by atoms with Crippen LogP contribution in [0.15, 0.2) is 54.6 Å². The highest BCUT2D eigenvalue weighted by Crippen LogP contribution is 2.28. The Labute approximate surface area is 218 Å². The van der Waals surface area contributed by atoms with Crippen molar-refractivity contribution < 1.29 is 4.79 Å². The molecule has 0 saturated heterocycles. The second-order valence-corrected chi connectivity index (χ2v) is 9.81. The summed E-state index contributed by atoms with van der Waals surface area (Å²) in [4.78, 5) is 11.1. The van der Waals surface area contributed by atoms with E-state index in [0.29, 0.717) is 0 Å². The molecule has 0 atom stereocenters. The summed E-state index contributed by atoms with van der Waals surface area (Å²) in [6.07, 6.45) is 14.7. The number of carbonyl (C=O) groups excluding carboxylic acids is 1. The van der Waals surface area contributed by atoms with E-state index in [1.54, 1.807) is 18.1 Å². The molecule has 0 radical (unpaired) electrons. The molecule has 1 heteroatoms. The van der Waals surface area contributed by atoms with Crippen LogP contribution in [0.3, 0.4) is 0 Å². The van der Waals surface area contributed by atoms with Gasteiger partial charge in [-0.1, -0.05) is 102 Å². The van der Waals surface area contributed by atoms with Gasteiger partial charge in [0.05, 0.1) is 0 Å². The molecule has 0 bridgehead atoms. The zero-order valence-corrected chi connectivity index (χ0v) is 23.0. The molecule has 0 spiro atoms. The number of benzene rings is 2.